The van der Waals surface area contributed by atoms with Crippen molar-refractivity contribution in [1.82, 2.24) is 9.97 Å². The fourth-order valence-electron chi connectivity index (χ4n) is 1.61. The van der Waals surface area contributed by atoms with Gasteiger partial charge in [0.05, 0.1) is 10.5 Å². The molecule has 10 heteroatoms. The number of amides is 1. The second-order valence-corrected chi connectivity index (χ2v) is 6.51. The number of H-pyrrole nitrogens is 1. The molecule has 1 amide bonds. The fraction of sp³-hybridized carbons (Fsp3) is 0.167. The topological polar surface area (TPSA) is 118 Å². The number of nitrogens with one attached hydrogen (secondary N) is 2. The first kappa shape index (κ1) is 16.5. The molecule has 0 aromatic carbocycles. The van der Waals surface area contributed by atoms with Gasteiger partial charge in [-0.25, -0.2) is 4.79 Å². The highest BCUT2D eigenvalue weighted by molar-refractivity contribution is 7.20. The van der Waals surface area contributed by atoms with Crippen LogP contribution in [0, 0.1) is 0 Å². The van der Waals surface area contributed by atoms with E-state index in [0.717, 1.165) is 17.5 Å². The third-order valence-electron chi connectivity index (χ3n) is 2.65. The summed E-state index contributed by atoms with van der Waals surface area (Å²) in [6.45, 7) is 0. The number of halogens is 2. The van der Waals surface area contributed by atoms with Gasteiger partial charge in [0.2, 0.25) is 5.91 Å². The minimum absolute atomic E-state index is 0.00710. The molecule has 7 nitrogen and oxygen atoms in total. The van der Waals surface area contributed by atoms with Crippen molar-refractivity contribution >= 4 is 57.7 Å². The number of carbonyl (C=O) groups excluding carboxylic acids is 2. The molecule has 0 saturated heterocycles. The average molecular weight is 361 g/mol. The van der Waals surface area contributed by atoms with E-state index in [2.05, 4.69) is 15.3 Å². The average Bonchev–Trinajstić information content (AvgIpc) is 2.78. The number of hydrogen-bond donors (Lipinski definition) is 3. The summed E-state index contributed by atoms with van der Waals surface area (Å²) in [7, 11) is 0. The molecule has 2 rings (SSSR count). The Bertz CT molecular complexity index is 787. The summed E-state index contributed by atoms with van der Waals surface area (Å²) in [5, 5.41) is 2.46. The molecule has 0 spiro atoms. The van der Waals surface area contributed by atoms with Crippen LogP contribution in [0.3, 0.4) is 0 Å². The van der Waals surface area contributed by atoms with Gasteiger partial charge in [-0.15, -0.1) is 11.3 Å². The van der Waals surface area contributed by atoms with Crippen LogP contribution in [0.15, 0.2) is 17.1 Å². The van der Waals surface area contributed by atoms with Gasteiger partial charge in [-0.2, -0.15) is 4.98 Å². The molecule has 0 radical (unpaired) electrons. The second-order valence-electron chi connectivity index (χ2n) is 4.22. The minimum Gasteiger partial charge on any atom is -0.383 e. The highest BCUT2D eigenvalue weighted by atomic mass is 35.5. The van der Waals surface area contributed by atoms with E-state index in [4.69, 9.17) is 28.9 Å². The summed E-state index contributed by atoms with van der Waals surface area (Å²) >= 11 is 12.7. The Balaban J connectivity index is 1.94. The van der Waals surface area contributed by atoms with Crippen LogP contribution in [-0.4, -0.2) is 21.7 Å². The Morgan fingerprint density at radius 2 is 2.09 bits per heavy atom. The summed E-state index contributed by atoms with van der Waals surface area (Å²) in [5.41, 5.74) is 5.39. The van der Waals surface area contributed by atoms with Crippen molar-refractivity contribution in [3.05, 3.63) is 37.0 Å². The zero-order valence-electron chi connectivity index (χ0n) is 11.0. The monoisotopic (exact) mass is 360 g/mol. The maximum absolute atomic E-state index is 11.9. The first-order valence-electron chi connectivity index (χ1n) is 5.99. The van der Waals surface area contributed by atoms with Gasteiger partial charge < -0.3 is 11.1 Å². The Morgan fingerprint density at radius 1 is 1.36 bits per heavy atom. The van der Waals surface area contributed by atoms with Crippen molar-refractivity contribution in [3.8, 4) is 0 Å². The predicted octanol–water partition coefficient (Wildman–Crippen LogP) is 2.32. The Hall–Kier alpha value is -1.90. The molecule has 0 saturated carbocycles. The Labute approximate surface area is 138 Å². The van der Waals surface area contributed by atoms with Crippen LogP contribution in [0.1, 0.15) is 23.2 Å². The molecule has 2 aromatic rings. The number of anilines is 2. The first-order chi connectivity index (χ1) is 10.4. The van der Waals surface area contributed by atoms with E-state index in [1.165, 1.54) is 6.07 Å². The molecule has 22 heavy (non-hydrogen) atoms. The molecule has 0 aliphatic heterocycles. The molecule has 116 valence electrons. The number of Topliss-reactive ketones (excluding diaryl/α,β-unsaturated/α-hetero) is 1. The maximum atomic E-state index is 11.9. The van der Waals surface area contributed by atoms with Gasteiger partial charge in [-0.05, 0) is 6.07 Å². The van der Waals surface area contributed by atoms with Crippen LogP contribution in [0.4, 0.5) is 11.5 Å². The van der Waals surface area contributed by atoms with Crippen molar-refractivity contribution in [3.63, 3.8) is 0 Å². The van der Waals surface area contributed by atoms with Gasteiger partial charge in [-0.3, -0.25) is 14.6 Å². The van der Waals surface area contributed by atoms with Gasteiger partial charge in [-0.1, -0.05) is 23.2 Å². The molecule has 0 fully saturated rings. The van der Waals surface area contributed by atoms with Gasteiger partial charge in [0.1, 0.15) is 15.8 Å². The van der Waals surface area contributed by atoms with Gasteiger partial charge in [0.15, 0.2) is 5.78 Å². The largest absolute Gasteiger partial charge is 0.383 e. The summed E-state index contributed by atoms with van der Waals surface area (Å²) in [6.07, 6.45) is 1.04. The van der Waals surface area contributed by atoms with Crippen molar-refractivity contribution in [2.24, 2.45) is 0 Å². The van der Waals surface area contributed by atoms with Gasteiger partial charge in [0.25, 0.3) is 0 Å². The fourth-order valence-corrected chi connectivity index (χ4v) is 3.11. The third-order valence-corrected chi connectivity index (χ3v) is 4.14. The van der Waals surface area contributed by atoms with Gasteiger partial charge in [0, 0.05) is 18.4 Å². The lowest BCUT2D eigenvalue weighted by molar-refractivity contribution is -0.116. The number of rotatable bonds is 5. The van der Waals surface area contributed by atoms with Crippen molar-refractivity contribution in [2.45, 2.75) is 12.8 Å². The SMILES string of the molecule is Nc1[nH]c(=O)ncc1NC(=O)CCC(=O)c1cc(Cl)sc1Cl. The Kier molecular flexibility index (Phi) is 5.17. The summed E-state index contributed by atoms with van der Waals surface area (Å²) in [6, 6.07) is 1.47. The van der Waals surface area contributed by atoms with E-state index in [1.54, 1.807) is 0 Å². The van der Waals surface area contributed by atoms with E-state index >= 15 is 0 Å². The predicted molar refractivity (Wildman–Crippen MR) is 85.8 cm³/mol. The molecule has 0 aliphatic rings. The zero-order chi connectivity index (χ0) is 16.3. The standard InChI is InChI=1S/C12H10Cl2N4O3S/c13-8-3-5(10(14)22-8)7(19)1-2-9(20)17-6-4-16-12(21)18-11(6)15/h3-4H,1-2H2,(H,17,20)(H3,15,16,18,21). The summed E-state index contributed by atoms with van der Waals surface area (Å²) in [4.78, 5) is 40.3. The van der Waals surface area contributed by atoms with E-state index in [1.807, 2.05) is 0 Å². The van der Waals surface area contributed by atoms with E-state index in [-0.39, 0.29) is 30.1 Å². The number of nitrogens with two attached hydrogens (primary N) is 1. The number of nitrogen functional groups attached to an aromatic ring is 1. The lowest BCUT2D eigenvalue weighted by atomic mass is 10.1. The molecular formula is C12H10Cl2N4O3S. The maximum Gasteiger partial charge on any atom is 0.346 e. The summed E-state index contributed by atoms with van der Waals surface area (Å²) < 4.78 is 0.703. The van der Waals surface area contributed by atoms with Crippen LogP contribution in [0.2, 0.25) is 8.67 Å². The number of thiophene rings is 1. The first-order valence-corrected chi connectivity index (χ1v) is 7.56. The molecule has 0 bridgehead atoms. The number of aromatic nitrogens is 2. The molecule has 0 atom stereocenters. The van der Waals surface area contributed by atoms with E-state index in [9.17, 15) is 14.4 Å². The van der Waals surface area contributed by atoms with Crippen molar-refractivity contribution in [1.29, 1.82) is 0 Å². The number of aromatic amines is 1. The van der Waals surface area contributed by atoms with Crippen LogP contribution >= 0.6 is 34.5 Å². The van der Waals surface area contributed by atoms with Crippen LogP contribution in [-0.2, 0) is 4.79 Å². The van der Waals surface area contributed by atoms with Crippen LogP contribution < -0.4 is 16.7 Å². The lowest BCUT2D eigenvalue weighted by Crippen LogP contribution is -2.18. The highest BCUT2D eigenvalue weighted by Crippen LogP contribution is 2.32. The molecular weight excluding hydrogens is 351 g/mol. The van der Waals surface area contributed by atoms with Crippen molar-refractivity contribution < 1.29 is 9.59 Å². The van der Waals surface area contributed by atoms with Crippen LogP contribution in [0.25, 0.3) is 0 Å². The number of nitrogens with zero attached hydrogens (tertiary/aromatic N) is 1. The summed E-state index contributed by atoms with van der Waals surface area (Å²) in [5.74, 6) is -0.727. The Morgan fingerprint density at radius 3 is 2.68 bits per heavy atom. The molecule has 0 unspecified atom stereocenters. The molecule has 2 heterocycles. The number of hydrogen-bond acceptors (Lipinski definition) is 6. The quantitative estimate of drug-likeness (QED) is 0.707. The van der Waals surface area contributed by atoms with Crippen LogP contribution in [0.5, 0.6) is 0 Å². The second kappa shape index (κ2) is 6.91. The van der Waals surface area contributed by atoms with E-state index < -0.39 is 11.6 Å². The van der Waals surface area contributed by atoms with E-state index in [0.29, 0.717) is 14.2 Å². The smallest absolute Gasteiger partial charge is 0.346 e. The third kappa shape index (κ3) is 4.06. The highest BCUT2D eigenvalue weighted by Gasteiger charge is 2.16. The normalized spacial score (nSPS) is 10.5. The molecule has 2 aromatic heterocycles. The minimum atomic E-state index is -0.616. The molecule has 4 N–H and O–H groups in total. The molecule has 0 aliphatic carbocycles. The number of carbonyl (C=O) groups is 2. The van der Waals surface area contributed by atoms with Gasteiger partial charge >= 0.3 is 5.69 Å². The van der Waals surface area contributed by atoms with Crippen molar-refractivity contribution in [2.75, 3.05) is 11.1 Å². The number of ketones is 1. The zero-order valence-corrected chi connectivity index (χ0v) is 13.3. The lowest BCUT2D eigenvalue weighted by Gasteiger charge is -2.06.